The number of carbonyl (C=O) groups excluding carboxylic acids is 2. The van der Waals surface area contributed by atoms with Crippen LogP contribution in [0.4, 0.5) is 5.82 Å². The summed E-state index contributed by atoms with van der Waals surface area (Å²) < 4.78 is 6.86. The van der Waals surface area contributed by atoms with Gasteiger partial charge in [0.25, 0.3) is 17.4 Å². The molecule has 2 heterocycles. The van der Waals surface area contributed by atoms with Gasteiger partial charge in [-0.15, -0.1) is 0 Å². The quantitative estimate of drug-likeness (QED) is 0.750. The first-order chi connectivity index (χ1) is 10.8. The summed E-state index contributed by atoms with van der Waals surface area (Å²) in [6.45, 7) is 0. The molecule has 118 valence electrons. The van der Waals surface area contributed by atoms with Crippen molar-refractivity contribution >= 4 is 45.2 Å². The van der Waals surface area contributed by atoms with Crippen LogP contribution in [0, 0.1) is 0 Å². The number of nitrogens with two attached hydrogens (primary N) is 1. The lowest BCUT2D eigenvalue weighted by Gasteiger charge is -2.16. The third-order valence-corrected chi connectivity index (χ3v) is 4.19. The highest BCUT2D eigenvalue weighted by atomic mass is 79.9. The standard InChI is InChI=1S/C14H9BrClN3O4/c1-23-11-7(15)2-5(16)3-8(11)19-9(20)4-6-10(12(19)17)14(22)18-13(6)21/h2-4H,17H2,1H3,(H,18,21,22). The van der Waals surface area contributed by atoms with Crippen LogP contribution in [0.25, 0.3) is 5.69 Å². The van der Waals surface area contributed by atoms with Crippen molar-refractivity contribution in [1.29, 1.82) is 0 Å². The van der Waals surface area contributed by atoms with Crippen molar-refractivity contribution in [2.45, 2.75) is 0 Å². The second-order valence-electron chi connectivity index (χ2n) is 4.72. The normalized spacial score (nSPS) is 13.0. The summed E-state index contributed by atoms with van der Waals surface area (Å²) in [6, 6.07) is 4.12. The van der Waals surface area contributed by atoms with Crippen LogP contribution in [-0.2, 0) is 0 Å². The SMILES string of the molecule is COc1c(Br)cc(Cl)cc1-n1c(N)c2c(cc1=O)C(=O)NC2=O. The fourth-order valence-corrected chi connectivity index (χ4v) is 3.40. The zero-order valence-corrected chi connectivity index (χ0v) is 14.0. The predicted octanol–water partition coefficient (Wildman–Crippen LogP) is 1.73. The summed E-state index contributed by atoms with van der Waals surface area (Å²) in [6.07, 6.45) is 0. The summed E-state index contributed by atoms with van der Waals surface area (Å²) in [5.74, 6) is -1.16. The number of ether oxygens (including phenoxy) is 1. The number of amides is 2. The number of imide groups is 1. The van der Waals surface area contributed by atoms with E-state index in [9.17, 15) is 14.4 Å². The van der Waals surface area contributed by atoms with Crippen LogP contribution < -0.4 is 21.3 Å². The highest BCUT2D eigenvalue weighted by molar-refractivity contribution is 9.10. The topological polar surface area (TPSA) is 103 Å². The Bertz CT molecular complexity index is 939. The Hall–Kier alpha value is -2.32. The lowest BCUT2D eigenvalue weighted by molar-refractivity contribution is 0.0880. The Morgan fingerprint density at radius 3 is 2.57 bits per heavy atom. The molecule has 0 radical (unpaired) electrons. The van der Waals surface area contributed by atoms with E-state index in [1.165, 1.54) is 13.2 Å². The number of halogens is 2. The highest BCUT2D eigenvalue weighted by Crippen LogP contribution is 2.36. The van der Waals surface area contributed by atoms with Gasteiger partial charge in [0, 0.05) is 11.1 Å². The monoisotopic (exact) mass is 397 g/mol. The molecular weight excluding hydrogens is 390 g/mol. The number of fused-ring (bicyclic) bond motifs is 1. The Morgan fingerprint density at radius 1 is 1.22 bits per heavy atom. The second kappa shape index (κ2) is 5.39. The molecule has 7 nitrogen and oxygen atoms in total. The van der Waals surface area contributed by atoms with Gasteiger partial charge in [-0.25, -0.2) is 0 Å². The highest BCUT2D eigenvalue weighted by Gasteiger charge is 2.32. The van der Waals surface area contributed by atoms with Crippen LogP contribution in [0.1, 0.15) is 20.7 Å². The molecule has 23 heavy (non-hydrogen) atoms. The van der Waals surface area contributed by atoms with E-state index in [1.807, 2.05) is 0 Å². The molecule has 0 spiro atoms. The van der Waals surface area contributed by atoms with E-state index >= 15 is 0 Å². The van der Waals surface area contributed by atoms with E-state index in [-0.39, 0.29) is 22.6 Å². The number of nitrogen functional groups attached to an aromatic ring is 1. The molecule has 1 aliphatic heterocycles. The van der Waals surface area contributed by atoms with Gasteiger partial charge in [-0.05, 0) is 28.1 Å². The van der Waals surface area contributed by atoms with E-state index in [1.54, 1.807) is 6.07 Å². The molecule has 2 aromatic rings. The molecule has 0 fully saturated rings. The molecular formula is C14H9BrClN3O4. The number of aromatic nitrogens is 1. The summed E-state index contributed by atoms with van der Waals surface area (Å²) in [4.78, 5) is 36.0. The van der Waals surface area contributed by atoms with Gasteiger partial charge >= 0.3 is 0 Å². The van der Waals surface area contributed by atoms with Crippen molar-refractivity contribution < 1.29 is 14.3 Å². The Morgan fingerprint density at radius 2 is 1.91 bits per heavy atom. The third kappa shape index (κ3) is 2.30. The van der Waals surface area contributed by atoms with Crippen molar-refractivity contribution in [3.63, 3.8) is 0 Å². The number of rotatable bonds is 2. The van der Waals surface area contributed by atoms with Gasteiger partial charge in [0.2, 0.25) is 0 Å². The van der Waals surface area contributed by atoms with Crippen molar-refractivity contribution in [3.8, 4) is 11.4 Å². The van der Waals surface area contributed by atoms with Gasteiger partial charge in [-0.2, -0.15) is 0 Å². The van der Waals surface area contributed by atoms with Crippen LogP contribution in [0.5, 0.6) is 5.75 Å². The maximum absolute atomic E-state index is 12.4. The number of carbonyl (C=O) groups is 2. The summed E-state index contributed by atoms with van der Waals surface area (Å²) in [7, 11) is 1.42. The van der Waals surface area contributed by atoms with Crippen molar-refractivity contribution in [1.82, 2.24) is 9.88 Å². The van der Waals surface area contributed by atoms with Crippen LogP contribution in [0.15, 0.2) is 27.5 Å². The number of hydrogen-bond donors (Lipinski definition) is 2. The average molecular weight is 399 g/mol. The minimum absolute atomic E-state index is 0.0474. The molecule has 3 rings (SSSR count). The second-order valence-corrected chi connectivity index (χ2v) is 6.01. The minimum Gasteiger partial charge on any atom is -0.493 e. The van der Waals surface area contributed by atoms with E-state index in [4.69, 9.17) is 22.1 Å². The summed E-state index contributed by atoms with van der Waals surface area (Å²) >= 11 is 9.32. The molecule has 0 bridgehead atoms. The molecule has 0 saturated heterocycles. The van der Waals surface area contributed by atoms with Crippen LogP contribution >= 0.6 is 27.5 Å². The zero-order valence-electron chi connectivity index (χ0n) is 11.6. The smallest absolute Gasteiger partial charge is 0.262 e. The number of pyridine rings is 1. The molecule has 0 unspecified atom stereocenters. The number of nitrogens with one attached hydrogen (secondary N) is 1. The molecule has 0 saturated carbocycles. The summed E-state index contributed by atoms with van der Waals surface area (Å²) in [5.41, 5.74) is 5.55. The fraction of sp³-hybridized carbons (Fsp3) is 0.0714. The first kappa shape index (κ1) is 15.6. The van der Waals surface area contributed by atoms with Crippen LogP contribution in [0.3, 0.4) is 0 Å². The van der Waals surface area contributed by atoms with Gasteiger partial charge in [0.15, 0.2) is 5.75 Å². The van der Waals surface area contributed by atoms with Gasteiger partial charge in [0.1, 0.15) is 5.82 Å². The lowest BCUT2D eigenvalue weighted by atomic mass is 10.1. The first-order valence-corrected chi connectivity index (χ1v) is 7.47. The number of anilines is 1. The predicted molar refractivity (Wildman–Crippen MR) is 87.5 cm³/mol. The molecule has 2 amide bonds. The number of hydrogen-bond acceptors (Lipinski definition) is 5. The van der Waals surface area contributed by atoms with Gasteiger partial charge < -0.3 is 10.5 Å². The van der Waals surface area contributed by atoms with E-state index < -0.39 is 17.4 Å². The molecule has 1 aromatic carbocycles. The number of nitrogens with zero attached hydrogens (tertiary/aromatic N) is 1. The molecule has 1 aliphatic rings. The lowest BCUT2D eigenvalue weighted by Crippen LogP contribution is -2.24. The van der Waals surface area contributed by atoms with Crippen LogP contribution in [-0.4, -0.2) is 23.5 Å². The van der Waals surface area contributed by atoms with Gasteiger partial charge in [0.05, 0.1) is 28.4 Å². The Balaban J connectivity index is 2.40. The largest absolute Gasteiger partial charge is 0.493 e. The third-order valence-electron chi connectivity index (χ3n) is 3.39. The Kier molecular flexibility index (Phi) is 3.65. The van der Waals surface area contributed by atoms with Crippen LogP contribution in [0.2, 0.25) is 5.02 Å². The zero-order chi connectivity index (χ0) is 16.9. The molecule has 3 N–H and O–H groups in total. The van der Waals surface area contributed by atoms with Crippen molar-refractivity contribution in [3.05, 3.63) is 49.2 Å². The van der Waals surface area contributed by atoms with Gasteiger partial charge in [-0.1, -0.05) is 11.6 Å². The summed E-state index contributed by atoms with van der Waals surface area (Å²) in [5, 5.41) is 2.44. The van der Waals surface area contributed by atoms with Crippen molar-refractivity contribution in [2.24, 2.45) is 0 Å². The molecule has 1 aromatic heterocycles. The van der Waals surface area contributed by atoms with E-state index in [0.29, 0.717) is 15.2 Å². The maximum Gasteiger partial charge on any atom is 0.262 e. The number of methoxy groups -OCH3 is 1. The fourth-order valence-electron chi connectivity index (χ4n) is 2.44. The average Bonchev–Trinajstić information content (AvgIpc) is 2.73. The molecule has 0 aliphatic carbocycles. The van der Waals surface area contributed by atoms with E-state index in [0.717, 1.165) is 10.6 Å². The Labute approximate surface area is 143 Å². The number of benzene rings is 1. The van der Waals surface area contributed by atoms with Gasteiger partial charge in [-0.3, -0.25) is 24.3 Å². The maximum atomic E-state index is 12.4. The van der Waals surface area contributed by atoms with E-state index in [2.05, 4.69) is 21.2 Å². The van der Waals surface area contributed by atoms with Crippen molar-refractivity contribution in [2.75, 3.05) is 12.8 Å². The molecule has 9 heteroatoms. The molecule has 0 atom stereocenters. The first-order valence-electron chi connectivity index (χ1n) is 6.29. The minimum atomic E-state index is -0.656.